The Balaban J connectivity index is 2.25. The lowest BCUT2D eigenvalue weighted by Crippen LogP contribution is -2.47. The Morgan fingerprint density at radius 2 is 2.28 bits per heavy atom. The van der Waals surface area contributed by atoms with Gasteiger partial charge in [-0.15, -0.1) is 0 Å². The second-order valence-electron chi connectivity index (χ2n) is 4.65. The number of aromatic nitrogens is 2. The normalized spacial score (nSPS) is 24.1. The van der Waals surface area contributed by atoms with Crippen LogP contribution in [0.5, 0.6) is 0 Å². The highest BCUT2D eigenvalue weighted by atomic mass is 16.5. The summed E-state index contributed by atoms with van der Waals surface area (Å²) in [6.45, 7) is 8.55. The molecule has 1 fully saturated rings. The van der Waals surface area contributed by atoms with Crippen molar-refractivity contribution in [1.29, 1.82) is 0 Å². The van der Waals surface area contributed by atoms with Gasteiger partial charge in [-0.25, -0.2) is 0 Å². The van der Waals surface area contributed by atoms with E-state index >= 15 is 0 Å². The van der Waals surface area contributed by atoms with Crippen molar-refractivity contribution in [2.24, 2.45) is 0 Å². The summed E-state index contributed by atoms with van der Waals surface area (Å²) in [5.74, 6) is 1.93. The topological polar surface area (TPSA) is 76.3 Å². The van der Waals surface area contributed by atoms with E-state index < -0.39 is 0 Å². The van der Waals surface area contributed by atoms with Crippen molar-refractivity contribution in [3.63, 3.8) is 0 Å². The number of rotatable bonds is 3. The van der Waals surface area contributed by atoms with Crippen LogP contribution >= 0.6 is 0 Å². The second-order valence-corrected chi connectivity index (χ2v) is 4.65. The number of nitrogens with zero attached hydrogens (tertiary/aromatic N) is 3. The molecule has 3 N–H and O–H groups in total. The van der Waals surface area contributed by atoms with E-state index in [1.807, 2.05) is 13.0 Å². The third-order valence-electron chi connectivity index (χ3n) is 2.99. The van der Waals surface area contributed by atoms with E-state index in [4.69, 9.17) is 10.5 Å². The van der Waals surface area contributed by atoms with Crippen LogP contribution in [0.25, 0.3) is 0 Å². The summed E-state index contributed by atoms with van der Waals surface area (Å²) in [6.07, 6.45) is 0.208. The number of nitrogen functional groups attached to an aromatic ring is 1. The molecule has 0 radical (unpaired) electrons. The fourth-order valence-corrected chi connectivity index (χ4v) is 2.09. The van der Waals surface area contributed by atoms with Gasteiger partial charge in [0.2, 0.25) is 5.95 Å². The van der Waals surface area contributed by atoms with Gasteiger partial charge in [0, 0.05) is 19.2 Å². The number of nitrogens with two attached hydrogens (primary N) is 1. The van der Waals surface area contributed by atoms with Gasteiger partial charge in [0.1, 0.15) is 11.6 Å². The van der Waals surface area contributed by atoms with Gasteiger partial charge in [-0.05, 0) is 20.8 Å². The Kier molecular flexibility index (Phi) is 3.86. The molecule has 6 nitrogen and oxygen atoms in total. The van der Waals surface area contributed by atoms with Crippen LogP contribution in [0.15, 0.2) is 6.07 Å². The lowest BCUT2D eigenvalue weighted by atomic mass is 10.2. The molecule has 2 heterocycles. The fraction of sp³-hybridized carbons (Fsp3) is 0.667. The average molecular weight is 251 g/mol. The van der Waals surface area contributed by atoms with E-state index in [0.717, 1.165) is 24.7 Å². The predicted molar refractivity (Wildman–Crippen MR) is 72.8 cm³/mol. The van der Waals surface area contributed by atoms with Crippen molar-refractivity contribution in [2.75, 3.05) is 35.6 Å². The fourth-order valence-electron chi connectivity index (χ4n) is 2.09. The molecule has 100 valence electrons. The zero-order chi connectivity index (χ0) is 13.1. The number of hydrogen-bond acceptors (Lipinski definition) is 6. The third-order valence-corrected chi connectivity index (χ3v) is 2.99. The summed E-state index contributed by atoms with van der Waals surface area (Å²) in [5.41, 5.74) is 5.76. The molecule has 2 atom stereocenters. The zero-order valence-electron chi connectivity index (χ0n) is 11.2. The number of morpholine rings is 1. The summed E-state index contributed by atoms with van der Waals surface area (Å²) in [7, 11) is 0. The third kappa shape index (κ3) is 2.81. The molecule has 1 aromatic heterocycles. The van der Waals surface area contributed by atoms with Gasteiger partial charge >= 0.3 is 0 Å². The van der Waals surface area contributed by atoms with E-state index in [0.29, 0.717) is 18.6 Å². The van der Waals surface area contributed by atoms with Crippen molar-refractivity contribution in [3.05, 3.63) is 6.07 Å². The quantitative estimate of drug-likeness (QED) is 0.838. The van der Waals surface area contributed by atoms with Gasteiger partial charge < -0.3 is 20.7 Å². The Hall–Kier alpha value is -1.56. The van der Waals surface area contributed by atoms with Gasteiger partial charge in [-0.1, -0.05) is 0 Å². The SMILES string of the molecule is CCNc1cc(N2CC(C)OCC2C)nc(N)n1. The van der Waals surface area contributed by atoms with Crippen molar-refractivity contribution < 1.29 is 4.74 Å². The number of nitrogens with one attached hydrogen (secondary N) is 1. The molecule has 0 aromatic carbocycles. The highest BCUT2D eigenvalue weighted by Gasteiger charge is 2.25. The molecule has 1 aliphatic heterocycles. The van der Waals surface area contributed by atoms with Gasteiger partial charge in [0.05, 0.1) is 18.8 Å². The van der Waals surface area contributed by atoms with E-state index in [2.05, 4.69) is 34.0 Å². The van der Waals surface area contributed by atoms with Crippen LogP contribution in [0.4, 0.5) is 17.6 Å². The van der Waals surface area contributed by atoms with E-state index in [9.17, 15) is 0 Å². The molecular weight excluding hydrogens is 230 g/mol. The Bertz CT molecular complexity index is 411. The lowest BCUT2D eigenvalue weighted by molar-refractivity contribution is 0.0340. The minimum atomic E-state index is 0.208. The van der Waals surface area contributed by atoms with E-state index in [1.54, 1.807) is 0 Å². The zero-order valence-corrected chi connectivity index (χ0v) is 11.2. The van der Waals surface area contributed by atoms with Crippen LogP contribution in [-0.4, -0.2) is 41.8 Å². The molecule has 0 saturated carbocycles. The molecule has 18 heavy (non-hydrogen) atoms. The molecule has 2 unspecified atom stereocenters. The molecule has 6 heteroatoms. The molecule has 1 aliphatic rings. The van der Waals surface area contributed by atoms with Gasteiger partial charge in [-0.3, -0.25) is 0 Å². The van der Waals surface area contributed by atoms with Crippen LogP contribution in [-0.2, 0) is 4.74 Å². The Labute approximate surface area is 108 Å². The first-order valence-corrected chi connectivity index (χ1v) is 6.36. The minimum absolute atomic E-state index is 0.208. The molecule has 0 aliphatic carbocycles. The van der Waals surface area contributed by atoms with Gasteiger partial charge in [-0.2, -0.15) is 9.97 Å². The van der Waals surface area contributed by atoms with Crippen molar-refractivity contribution in [2.45, 2.75) is 32.9 Å². The largest absolute Gasteiger partial charge is 0.375 e. The minimum Gasteiger partial charge on any atom is -0.375 e. The molecule has 0 amide bonds. The summed E-state index contributed by atoms with van der Waals surface area (Å²) in [5, 5.41) is 3.16. The van der Waals surface area contributed by atoms with E-state index in [1.165, 1.54) is 0 Å². The molecule has 2 rings (SSSR count). The summed E-state index contributed by atoms with van der Waals surface area (Å²) < 4.78 is 5.62. The van der Waals surface area contributed by atoms with Crippen LogP contribution in [0, 0.1) is 0 Å². The lowest BCUT2D eigenvalue weighted by Gasteiger charge is -2.37. The highest BCUT2D eigenvalue weighted by Crippen LogP contribution is 2.22. The number of anilines is 3. The van der Waals surface area contributed by atoms with Crippen molar-refractivity contribution >= 4 is 17.6 Å². The van der Waals surface area contributed by atoms with Crippen LogP contribution in [0.2, 0.25) is 0 Å². The smallest absolute Gasteiger partial charge is 0.223 e. The average Bonchev–Trinajstić information content (AvgIpc) is 2.32. The van der Waals surface area contributed by atoms with Crippen molar-refractivity contribution in [3.8, 4) is 0 Å². The molecular formula is C12H21N5O. The first-order chi connectivity index (χ1) is 8.60. The van der Waals surface area contributed by atoms with Gasteiger partial charge in [0.25, 0.3) is 0 Å². The first-order valence-electron chi connectivity index (χ1n) is 6.36. The number of ether oxygens (including phenoxy) is 1. The highest BCUT2D eigenvalue weighted by molar-refractivity contribution is 5.53. The monoisotopic (exact) mass is 251 g/mol. The van der Waals surface area contributed by atoms with Crippen LogP contribution < -0.4 is 16.0 Å². The Morgan fingerprint density at radius 1 is 1.50 bits per heavy atom. The summed E-state index contributed by atoms with van der Waals surface area (Å²) >= 11 is 0. The maximum atomic E-state index is 5.76. The van der Waals surface area contributed by atoms with Crippen LogP contribution in [0.1, 0.15) is 20.8 Å². The summed E-state index contributed by atoms with van der Waals surface area (Å²) in [4.78, 5) is 10.7. The van der Waals surface area contributed by atoms with Crippen LogP contribution in [0.3, 0.4) is 0 Å². The molecule has 1 saturated heterocycles. The standard InChI is InChI=1S/C12H21N5O/c1-4-14-10-5-11(16-12(13)15-10)17-6-9(3)18-7-8(17)2/h5,8-9H,4,6-7H2,1-3H3,(H3,13,14,15,16). The molecule has 0 spiro atoms. The Morgan fingerprint density at radius 3 is 3.00 bits per heavy atom. The number of hydrogen-bond donors (Lipinski definition) is 2. The molecule has 1 aromatic rings. The van der Waals surface area contributed by atoms with Crippen molar-refractivity contribution in [1.82, 2.24) is 9.97 Å². The predicted octanol–water partition coefficient (Wildman–Crippen LogP) is 1.10. The molecule has 0 bridgehead atoms. The maximum Gasteiger partial charge on any atom is 0.223 e. The summed E-state index contributed by atoms with van der Waals surface area (Å²) in [6, 6.07) is 2.24. The van der Waals surface area contributed by atoms with Gasteiger partial charge in [0.15, 0.2) is 0 Å². The second kappa shape index (κ2) is 5.39. The maximum absolute atomic E-state index is 5.76. The van der Waals surface area contributed by atoms with E-state index in [-0.39, 0.29) is 6.10 Å². The first kappa shape index (κ1) is 12.9.